The molecule has 0 radical (unpaired) electrons. The van der Waals surface area contributed by atoms with Gasteiger partial charge in [-0.25, -0.2) is 4.98 Å². The molecule has 0 bridgehead atoms. The molecule has 3 aromatic rings. The van der Waals surface area contributed by atoms with E-state index in [0.29, 0.717) is 16.8 Å². The van der Waals surface area contributed by atoms with Crippen LogP contribution >= 0.6 is 0 Å². The number of nitrogens with zero attached hydrogens (tertiary/aromatic N) is 1. The Labute approximate surface area is 104 Å². The van der Waals surface area contributed by atoms with Crippen LogP contribution in [0.1, 0.15) is 0 Å². The molecule has 0 saturated heterocycles. The van der Waals surface area contributed by atoms with Crippen molar-refractivity contribution in [2.45, 2.75) is 0 Å². The van der Waals surface area contributed by atoms with Crippen LogP contribution in [0.2, 0.25) is 0 Å². The fourth-order valence-electron chi connectivity index (χ4n) is 1.97. The SMILES string of the molecule is Oc1ccccc1-c1ccc2cccc(O)c2n1. The Morgan fingerprint density at radius 1 is 0.722 bits per heavy atom. The van der Waals surface area contributed by atoms with Crippen molar-refractivity contribution in [3.8, 4) is 22.8 Å². The molecule has 18 heavy (non-hydrogen) atoms. The van der Waals surface area contributed by atoms with Crippen LogP contribution in [-0.4, -0.2) is 15.2 Å². The average Bonchev–Trinajstić information content (AvgIpc) is 2.40. The maximum Gasteiger partial charge on any atom is 0.141 e. The Balaban J connectivity index is 2.26. The number of aromatic nitrogens is 1. The van der Waals surface area contributed by atoms with E-state index in [2.05, 4.69) is 4.98 Å². The van der Waals surface area contributed by atoms with Crippen LogP contribution in [0, 0.1) is 0 Å². The number of pyridine rings is 1. The van der Waals surface area contributed by atoms with Crippen LogP contribution in [0.4, 0.5) is 0 Å². The highest BCUT2D eigenvalue weighted by Gasteiger charge is 2.07. The molecule has 0 spiro atoms. The second-order valence-corrected chi connectivity index (χ2v) is 4.06. The number of rotatable bonds is 1. The fraction of sp³-hybridized carbons (Fsp3) is 0. The molecule has 2 N–H and O–H groups in total. The molecule has 0 atom stereocenters. The van der Waals surface area contributed by atoms with Gasteiger partial charge in [-0.15, -0.1) is 0 Å². The van der Waals surface area contributed by atoms with Gasteiger partial charge in [0.05, 0.1) is 5.69 Å². The minimum atomic E-state index is 0.143. The first-order valence-electron chi connectivity index (χ1n) is 5.63. The number of aromatic hydroxyl groups is 2. The van der Waals surface area contributed by atoms with Gasteiger partial charge in [0.2, 0.25) is 0 Å². The van der Waals surface area contributed by atoms with Crippen molar-refractivity contribution >= 4 is 10.9 Å². The van der Waals surface area contributed by atoms with Crippen molar-refractivity contribution in [3.05, 3.63) is 54.6 Å². The monoisotopic (exact) mass is 237 g/mol. The third-order valence-corrected chi connectivity index (χ3v) is 2.88. The van der Waals surface area contributed by atoms with Gasteiger partial charge in [-0.05, 0) is 24.3 Å². The number of fused-ring (bicyclic) bond motifs is 1. The lowest BCUT2D eigenvalue weighted by Crippen LogP contribution is -1.86. The smallest absolute Gasteiger partial charge is 0.141 e. The normalized spacial score (nSPS) is 10.7. The Hall–Kier alpha value is -2.55. The molecule has 0 aliphatic rings. The van der Waals surface area contributed by atoms with E-state index in [0.717, 1.165) is 5.39 Å². The van der Waals surface area contributed by atoms with Crippen molar-refractivity contribution in [3.63, 3.8) is 0 Å². The molecule has 0 saturated carbocycles. The van der Waals surface area contributed by atoms with Gasteiger partial charge < -0.3 is 10.2 Å². The molecular weight excluding hydrogens is 226 g/mol. The van der Waals surface area contributed by atoms with E-state index >= 15 is 0 Å². The Morgan fingerprint density at radius 2 is 1.50 bits per heavy atom. The average molecular weight is 237 g/mol. The Morgan fingerprint density at radius 3 is 2.33 bits per heavy atom. The first kappa shape index (κ1) is 10.6. The summed E-state index contributed by atoms with van der Waals surface area (Å²) in [6.45, 7) is 0. The highest BCUT2D eigenvalue weighted by atomic mass is 16.3. The quantitative estimate of drug-likeness (QED) is 0.682. The minimum Gasteiger partial charge on any atom is -0.507 e. The summed E-state index contributed by atoms with van der Waals surface area (Å²) in [5, 5.41) is 20.5. The third-order valence-electron chi connectivity index (χ3n) is 2.88. The highest BCUT2D eigenvalue weighted by molar-refractivity contribution is 5.86. The molecule has 3 heteroatoms. The number of para-hydroxylation sites is 2. The van der Waals surface area contributed by atoms with E-state index in [1.807, 2.05) is 24.3 Å². The van der Waals surface area contributed by atoms with Gasteiger partial charge in [0.15, 0.2) is 0 Å². The molecule has 0 amide bonds. The summed E-state index contributed by atoms with van der Waals surface area (Å²) in [6, 6.07) is 16.0. The van der Waals surface area contributed by atoms with Crippen LogP contribution in [0.5, 0.6) is 11.5 Å². The van der Waals surface area contributed by atoms with Crippen molar-refractivity contribution < 1.29 is 10.2 Å². The standard InChI is InChI=1S/C15H11NO2/c17-13-6-2-1-5-11(13)12-9-8-10-4-3-7-14(18)15(10)16-12/h1-9,17-18H. The molecule has 3 rings (SSSR count). The maximum absolute atomic E-state index is 9.80. The summed E-state index contributed by atoms with van der Waals surface area (Å²) in [7, 11) is 0. The zero-order valence-electron chi connectivity index (χ0n) is 9.54. The second-order valence-electron chi connectivity index (χ2n) is 4.06. The lowest BCUT2D eigenvalue weighted by Gasteiger charge is -2.06. The summed E-state index contributed by atoms with van der Waals surface area (Å²) in [4.78, 5) is 4.40. The molecule has 0 fully saturated rings. The van der Waals surface area contributed by atoms with Gasteiger partial charge in [0.25, 0.3) is 0 Å². The first-order chi connectivity index (χ1) is 8.75. The van der Waals surface area contributed by atoms with Crippen molar-refractivity contribution in [2.24, 2.45) is 0 Å². The van der Waals surface area contributed by atoms with Crippen molar-refractivity contribution in [1.29, 1.82) is 0 Å². The van der Waals surface area contributed by atoms with Gasteiger partial charge >= 0.3 is 0 Å². The lowest BCUT2D eigenvalue weighted by molar-refractivity contribution is 0.476. The molecule has 0 aliphatic heterocycles. The summed E-state index contributed by atoms with van der Waals surface area (Å²) in [5.41, 5.74) is 1.84. The van der Waals surface area contributed by atoms with Crippen LogP contribution in [0.25, 0.3) is 22.2 Å². The first-order valence-corrected chi connectivity index (χ1v) is 5.63. The summed E-state index contributed by atoms with van der Waals surface area (Å²) < 4.78 is 0. The van der Waals surface area contributed by atoms with Crippen LogP contribution < -0.4 is 0 Å². The van der Waals surface area contributed by atoms with Crippen LogP contribution in [0.15, 0.2) is 54.6 Å². The number of phenols is 2. The highest BCUT2D eigenvalue weighted by Crippen LogP contribution is 2.30. The molecule has 2 aromatic carbocycles. The zero-order valence-corrected chi connectivity index (χ0v) is 9.54. The fourth-order valence-corrected chi connectivity index (χ4v) is 1.97. The van der Waals surface area contributed by atoms with E-state index in [-0.39, 0.29) is 11.5 Å². The van der Waals surface area contributed by atoms with Crippen molar-refractivity contribution in [2.75, 3.05) is 0 Å². The zero-order chi connectivity index (χ0) is 12.5. The number of phenolic OH excluding ortho intramolecular Hbond substituents is 2. The summed E-state index contributed by atoms with van der Waals surface area (Å²) >= 11 is 0. The number of hydrogen-bond acceptors (Lipinski definition) is 3. The minimum absolute atomic E-state index is 0.143. The van der Waals surface area contributed by atoms with E-state index in [9.17, 15) is 10.2 Å². The van der Waals surface area contributed by atoms with E-state index in [1.165, 1.54) is 0 Å². The molecule has 3 nitrogen and oxygen atoms in total. The predicted molar refractivity (Wildman–Crippen MR) is 70.5 cm³/mol. The van der Waals surface area contributed by atoms with Crippen LogP contribution in [-0.2, 0) is 0 Å². The molecule has 88 valence electrons. The van der Waals surface area contributed by atoms with E-state index < -0.39 is 0 Å². The van der Waals surface area contributed by atoms with Gasteiger partial charge in [0.1, 0.15) is 17.0 Å². The van der Waals surface area contributed by atoms with Gasteiger partial charge in [-0.1, -0.05) is 30.3 Å². The Bertz CT molecular complexity index is 723. The topological polar surface area (TPSA) is 53.4 Å². The van der Waals surface area contributed by atoms with E-state index in [4.69, 9.17) is 0 Å². The molecule has 0 unspecified atom stereocenters. The lowest BCUT2D eigenvalue weighted by atomic mass is 10.1. The Kier molecular flexibility index (Phi) is 2.38. The van der Waals surface area contributed by atoms with Gasteiger partial charge in [-0.2, -0.15) is 0 Å². The second kappa shape index (κ2) is 4.04. The van der Waals surface area contributed by atoms with Crippen molar-refractivity contribution in [1.82, 2.24) is 4.98 Å². The summed E-state index contributed by atoms with van der Waals surface area (Å²) in [5.74, 6) is 0.324. The third kappa shape index (κ3) is 1.66. The molecular formula is C15H11NO2. The number of hydrogen-bond donors (Lipinski definition) is 2. The molecule has 1 heterocycles. The van der Waals surface area contributed by atoms with Gasteiger partial charge in [-0.3, -0.25) is 0 Å². The van der Waals surface area contributed by atoms with E-state index in [1.54, 1.807) is 30.3 Å². The largest absolute Gasteiger partial charge is 0.507 e. The van der Waals surface area contributed by atoms with Gasteiger partial charge in [0, 0.05) is 10.9 Å². The van der Waals surface area contributed by atoms with Crippen LogP contribution in [0.3, 0.4) is 0 Å². The molecule has 0 aliphatic carbocycles. The predicted octanol–water partition coefficient (Wildman–Crippen LogP) is 3.31. The number of benzene rings is 2. The summed E-state index contributed by atoms with van der Waals surface area (Å²) in [6.07, 6.45) is 0. The maximum atomic E-state index is 9.80. The molecule has 1 aromatic heterocycles.